The molecule has 1 fully saturated rings. The van der Waals surface area contributed by atoms with Gasteiger partial charge in [0.1, 0.15) is 18.1 Å². The van der Waals surface area contributed by atoms with Crippen LogP contribution in [0.3, 0.4) is 0 Å². The third-order valence-corrected chi connectivity index (χ3v) is 8.34. The van der Waals surface area contributed by atoms with Crippen LogP contribution in [0.1, 0.15) is 45.1 Å². The van der Waals surface area contributed by atoms with Crippen LogP contribution in [0.5, 0.6) is 11.5 Å². The summed E-state index contributed by atoms with van der Waals surface area (Å²) in [5.74, 6) is 0.337. The van der Waals surface area contributed by atoms with Crippen molar-refractivity contribution in [2.75, 3.05) is 40.5 Å². The summed E-state index contributed by atoms with van der Waals surface area (Å²) >= 11 is 6.49. The second-order valence-corrected chi connectivity index (χ2v) is 12.3. The second kappa shape index (κ2) is 13.5. The topological polar surface area (TPSA) is 129 Å². The number of carbonyl (C=O) groups is 2. The van der Waals surface area contributed by atoms with Crippen molar-refractivity contribution in [1.82, 2.24) is 9.80 Å². The number of amides is 1. The van der Waals surface area contributed by atoms with E-state index in [4.69, 9.17) is 30.9 Å². The lowest BCUT2D eigenvalue weighted by Gasteiger charge is -2.40. The lowest BCUT2D eigenvalue weighted by molar-refractivity contribution is -0.142. The van der Waals surface area contributed by atoms with Crippen molar-refractivity contribution in [2.24, 2.45) is 11.3 Å². The van der Waals surface area contributed by atoms with Gasteiger partial charge in [-0.3, -0.25) is 14.5 Å². The molecule has 230 valence electrons. The van der Waals surface area contributed by atoms with Crippen molar-refractivity contribution in [3.8, 4) is 11.5 Å². The summed E-state index contributed by atoms with van der Waals surface area (Å²) in [6.45, 7) is 4.88. The van der Waals surface area contributed by atoms with Gasteiger partial charge in [0, 0.05) is 48.7 Å². The van der Waals surface area contributed by atoms with E-state index < -0.39 is 29.8 Å². The van der Waals surface area contributed by atoms with Crippen LogP contribution in [0, 0.1) is 11.3 Å². The Morgan fingerprint density at radius 1 is 1.14 bits per heavy atom. The molecule has 4 rings (SSSR count). The van der Waals surface area contributed by atoms with Gasteiger partial charge in [-0.15, -0.1) is 0 Å². The molecule has 10 nitrogen and oxygen atoms in total. The van der Waals surface area contributed by atoms with Crippen molar-refractivity contribution in [3.63, 3.8) is 0 Å². The van der Waals surface area contributed by atoms with Gasteiger partial charge in [-0.2, -0.15) is 0 Å². The fourth-order valence-electron chi connectivity index (χ4n) is 5.82. The third-order valence-electron chi connectivity index (χ3n) is 8.10. The van der Waals surface area contributed by atoms with Gasteiger partial charge in [0.25, 0.3) is 0 Å². The molecule has 0 aromatic heterocycles. The maximum atomic E-state index is 13.6. The van der Waals surface area contributed by atoms with Crippen LogP contribution in [-0.4, -0.2) is 95.8 Å². The molecule has 0 unspecified atom stereocenters. The molecule has 3 atom stereocenters. The van der Waals surface area contributed by atoms with E-state index in [1.165, 1.54) is 7.11 Å². The Bertz CT molecular complexity index is 1250. The highest BCUT2D eigenvalue weighted by atomic mass is 35.5. The molecule has 1 amide bonds. The zero-order valence-electron chi connectivity index (χ0n) is 24.6. The lowest BCUT2D eigenvalue weighted by Crippen LogP contribution is -2.53. The summed E-state index contributed by atoms with van der Waals surface area (Å²) in [6, 6.07) is 4.92. The number of carbonyl (C=O) groups excluding carboxylic acids is 1. The molecule has 1 aromatic rings. The van der Waals surface area contributed by atoms with E-state index in [2.05, 4.69) is 0 Å². The van der Waals surface area contributed by atoms with Gasteiger partial charge in [0.15, 0.2) is 11.5 Å². The molecule has 0 bridgehead atoms. The van der Waals surface area contributed by atoms with Crippen LogP contribution in [-0.2, 0) is 14.3 Å². The number of halogens is 1. The van der Waals surface area contributed by atoms with Crippen molar-refractivity contribution in [3.05, 3.63) is 52.6 Å². The van der Waals surface area contributed by atoms with Gasteiger partial charge < -0.3 is 34.4 Å². The maximum Gasteiger partial charge on any atom is 0.303 e. The van der Waals surface area contributed by atoms with Gasteiger partial charge >= 0.3 is 5.97 Å². The zero-order valence-corrected chi connectivity index (χ0v) is 25.3. The van der Waals surface area contributed by atoms with Crippen molar-refractivity contribution in [2.45, 2.75) is 57.9 Å². The molecule has 1 saturated heterocycles. The number of ether oxygens (including phenoxy) is 3. The number of rotatable bonds is 10. The first-order valence-electron chi connectivity index (χ1n) is 14.2. The number of piperidine rings is 1. The smallest absolute Gasteiger partial charge is 0.303 e. The fourth-order valence-corrected chi connectivity index (χ4v) is 6.01. The number of aliphatic carboxylic acids is 1. The Morgan fingerprint density at radius 3 is 2.48 bits per heavy atom. The summed E-state index contributed by atoms with van der Waals surface area (Å²) in [7, 11) is 3.07. The number of hydrogen-bond donors (Lipinski definition) is 3. The number of aliphatic hydroxyl groups excluding tert-OH is 2. The summed E-state index contributed by atoms with van der Waals surface area (Å²) in [4.78, 5) is 28.3. The summed E-state index contributed by atoms with van der Waals surface area (Å²) in [6.07, 6.45) is 4.41. The predicted molar refractivity (Wildman–Crippen MR) is 158 cm³/mol. The minimum Gasteiger partial charge on any atom is -0.493 e. The van der Waals surface area contributed by atoms with Crippen LogP contribution in [0.4, 0.5) is 0 Å². The van der Waals surface area contributed by atoms with Crippen LogP contribution in [0.25, 0.3) is 5.76 Å². The normalized spacial score (nSPS) is 23.5. The van der Waals surface area contributed by atoms with E-state index in [-0.39, 0.29) is 31.3 Å². The highest BCUT2D eigenvalue weighted by Gasteiger charge is 2.43. The molecule has 0 saturated carbocycles. The fraction of sp³-hybridized carbons (Fsp3) is 0.548. The molecule has 3 aliphatic rings. The number of carboxylic acid groups (broad SMARTS) is 1. The van der Waals surface area contributed by atoms with E-state index in [9.17, 15) is 19.8 Å². The first-order chi connectivity index (χ1) is 20.0. The molecule has 11 heteroatoms. The molecular formula is C31H41ClN2O8. The highest BCUT2D eigenvalue weighted by molar-refractivity contribution is 6.31. The first-order valence-corrected chi connectivity index (χ1v) is 14.6. The molecule has 0 spiro atoms. The van der Waals surface area contributed by atoms with Crippen molar-refractivity contribution < 1.29 is 39.1 Å². The van der Waals surface area contributed by atoms with Gasteiger partial charge in [-0.05, 0) is 43.0 Å². The molecule has 2 aliphatic heterocycles. The van der Waals surface area contributed by atoms with Gasteiger partial charge in [-0.25, -0.2) is 0 Å². The third kappa shape index (κ3) is 7.11. The average Bonchev–Trinajstić information content (AvgIpc) is 3.06. The van der Waals surface area contributed by atoms with Crippen molar-refractivity contribution >= 4 is 29.2 Å². The molecule has 0 radical (unpaired) electrons. The largest absolute Gasteiger partial charge is 0.493 e. The number of likely N-dealkylation sites (tertiary alicyclic amines) is 1. The van der Waals surface area contributed by atoms with Crippen LogP contribution >= 0.6 is 11.6 Å². The van der Waals surface area contributed by atoms with E-state index in [1.807, 2.05) is 37.0 Å². The van der Waals surface area contributed by atoms with Gasteiger partial charge in [0.05, 0.1) is 32.2 Å². The first kappa shape index (κ1) is 31.9. The molecule has 2 heterocycles. The van der Waals surface area contributed by atoms with Crippen molar-refractivity contribution in [1.29, 1.82) is 0 Å². The molecule has 1 aliphatic carbocycles. The molecule has 42 heavy (non-hydrogen) atoms. The van der Waals surface area contributed by atoms with Crippen LogP contribution in [0.15, 0.2) is 47.0 Å². The predicted octanol–water partition coefficient (Wildman–Crippen LogP) is 3.62. The summed E-state index contributed by atoms with van der Waals surface area (Å²) < 4.78 is 17.9. The number of methoxy groups -OCH3 is 2. The Hall–Kier alpha value is -3.05. The van der Waals surface area contributed by atoms with Gasteiger partial charge in [0.2, 0.25) is 5.91 Å². The number of allylic oxidation sites excluding steroid dienone is 2. The van der Waals surface area contributed by atoms with E-state index in [0.717, 1.165) is 0 Å². The average molecular weight is 605 g/mol. The quantitative estimate of drug-likeness (QED) is 0.367. The van der Waals surface area contributed by atoms with Crippen LogP contribution in [0.2, 0.25) is 0 Å². The standard InChI is InChI=1S/C31H41ClN2O8/c1-31(2,18-35)17-34-23-9-8-20(32)15-22(23)28(21-6-5-7-24(40-3)29(21)41-4)42-25(30(34)39)16-26(36)33-12-10-19(11-13-33)14-27(37)38/h5-9,15,19,23,25,30,35,39H,10-14,16-18H2,1-4H3,(H,37,38)/t23-,25-,30+/m0/s1. The van der Waals surface area contributed by atoms with E-state index >= 15 is 0 Å². The number of nitrogens with zero attached hydrogens (tertiary/aromatic N) is 2. The number of para-hydroxylation sites is 1. The SMILES string of the molecule is COc1cccc(C2=C3C=C(Cl)C=C[C@@H]3N(CC(C)(C)CO)[C@H](O)[C@H](CC(=O)N3CCC(CC(=O)O)CC3)O2)c1OC. The van der Waals surface area contributed by atoms with E-state index in [1.54, 1.807) is 30.2 Å². The monoisotopic (exact) mass is 604 g/mol. The number of fused-ring (bicyclic) bond motifs is 1. The van der Waals surface area contributed by atoms with E-state index in [0.29, 0.717) is 65.9 Å². The molecule has 1 aromatic carbocycles. The maximum absolute atomic E-state index is 13.6. The van der Waals surface area contributed by atoms with Crippen LogP contribution < -0.4 is 9.47 Å². The second-order valence-electron chi connectivity index (χ2n) is 11.8. The number of aliphatic hydroxyl groups is 2. The summed E-state index contributed by atoms with van der Waals surface area (Å²) in [5, 5.41) is 31.6. The minimum atomic E-state index is -1.21. The Morgan fingerprint density at radius 2 is 1.86 bits per heavy atom. The summed E-state index contributed by atoms with van der Waals surface area (Å²) in [5.41, 5.74) is 0.672. The minimum absolute atomic E-state index is 0.0331. The molecular weight excluding hydrogens is 564 g/mol. The molecule has 3 N–H and O–H groups in total. The number of carboxylic acids is 1. The zero-order chi connectivity index (χ0) is 30.6. The Balaban J connectivity index is 1.75. The number of hydrogen-bond acceptors (Lipinski definition) is 8. The lowest BCUT2D eigenvalue weighted by atomic mass is 9.90. The van der Waals surface area contributed by atoms with Gasteiger partial charge in [-0.1, -0.05) is 37.6 Å². The number of benzene rings is 1. The Labute approximate surface area is 251 Å². The highest BCUT2D eigenvalue weighted by Crippen LogP contribution is 2.43. The Kier molecular flexibility index (Phi) is 10.2.